The zero-order valence-corrected chi connectivity index (χ0v) is 14.4. The molecular weight excluding hydrogens is 318 g/mol. The van der Waals surface area contributed by atoms with Crippen molar-refractivity contribution in [1.29, 1.82) is 0 Å². The first-order valence-electron chi connectivity index (χ1n) is 7.87. The molecule has 0 atom stereocenters. The Morgan fingerprint density at radius 1 is 1.04 bits per heavy atom. The number of aryl methyl sites for hydroxylation is 1. The minimum Gasteiger partial charge on any atom is -0.497 e. The molecule has 2 aromatic heterocycles. The number of hydrogen-bond acceptors (Lipinski definition) is 5. The summed E-state index contributed by atoms with van der Waals surface area (Å²) < 4.78 is 5.37. The van der Waals surface area contributed by atoms with Crippen molar-refractivity contribution in [3.63, 3.8) is 0 Å². The third-order valence-corrected chi connectivity index (χ3v) is 5.04. The van der Waals surface area contributed by atoms with E-state index < -0.39 is 0 Å². The summed E-state index contributed by atoms with van der Waals surface area (Å²) in [5, 5.41) is 1.07. The molecule has 0 fully saturated rings. The van der Waals surface area contributed by atoms with Crippen molar-refractivity contribution < 1.29 is 4.74 Å². The number of benzene rings is 1. The smallest absolute Gasteiger partial charge is 0.179 e. The summed E-state index contributed by atoms with van der Waals surface area (Å²) in [7, 11) is 1.68. The van der Waals surface area contributed by atoms with E-state index in [2.05, 4.69) is 11.1 Å². The third-order valence-electron chi connectivity index (χ3n) is 4.02. The molecule has 0 spiro atoms. The van der Waals surface area contributed by atoms with Crippen molar-refractivity contribution in [1.82, 2.24) is 15.0 Å². The van der Waals surface area contributed by atoms with Gasteiger partial charge in [0.1, 0.15) is 16.5 Å². The van der Waals surface area contributed by atoms with E-state index in [0.29, 0.717) is 5.82 Å². The molecule has 0 amide bonds. The van der Waals surface area contributed by atoms with Crippen molar-refractivity contribution in [2.75, 3.05) is 12.9 Å². The van der Waals surface area contributed by atoms with E-state index in [-0.39, 0.29) is 0 Å². The highest BCUT2D eigenvalue weighted by Crippen LogP contribution is 2.37. The second kappa shape index (κ2) is 6.24. The number of fused-ring (bicyclic) bond motifs is 1. The minimum absolute atomic E-state index is 0.685. The molecule has 4 nitrogen and oxygen atoms in total. The van der Waals surface area contributed by atoms with Crippen molar-refractivity contribution in [3.8, 4) is 28.5 Å². The van der Waals surface area contributed by atoms with E-state index >= 15 is 0 Å². The predicted molar refractivity (Wildman–Crippen MR) is 96.4 cm³/mol. The van der Waals surface area contributed by atoms with Gasteiger partial charge in [-0.05, 0) is 37.6 Å². The molecule has 5 heteroatoms. The SMILES string of the molecule is COc1cccc(-c2nc(-c3cccc(C)n3)nc3c2CCS3)c1. The molecule has 0 saturated heterocycles. The van der Waals surface area contributed by atoms with Crippen LogP contribution in [0.1, 0.15) is 11.3 Å². The molecular formula is C19H17N3OS. The van der Waals surface area contributed by atoms with Gasteiger partial charge in [-0.3, -0.25) is 0 Å². The Balaban J connectivity index is 1.90. The molecule has 120 valence electrons. The zero-order valence-electron chi connectivity index (χ0n) is 13.6. The highest BCUT2D eigenvalue weighted by atomic mass is 32.2. The molecule has 0 bridgehead atoms. The van der Waals surface area contributed by atoms with Gasteiger partial charge in [-0.2, -0.15) is 0 Å². The van der Waals surface area contributed by atoms with Crippen LogP contribution < -0.4 is 4.74 Å². The van der Waals surface area contributed by atoms with Crippen LogP contribution in [-0.2, 0) is 6.42 Å². The Labute approximate surface area is 145 Å². The predicted octanol–water partition coefficient (Wildman–Crippen LogP) is 4.17. The molecule has 3 aromatic rings. The van der Waals surface area contributed by atoms with Gasteiger partial charge in [-0.1, -0.05) is 18.2 Å². The molecule has 0 N–H and O–H groups in total. The van der Waals surface area contributed by atoms with Gasteiger partial charge >= 0.3 is 0 Å². The summed E-state index contributed by atoms with van der Waals surface area (Å²) in [4.78, 5) is 14.2. The van der Waals surface area contributed by atoms with Crippen LogP contribution in [0.3, 0.4) is 0 Å². The van der Waals surface area contributed by atoms with Crippen molar-refractivity contribution >= 4 is 11.8 Å². The topological polar surface area (TPSA) is 47.9 Å². The van der Waals surface area contributed by atoms with Crippen LogP contribution in [0.2, 0.25) is 0 Å². The van der Waals surface area contributed by atoms with E-state index in [9.17, 15) is 0 Å². The first-order chi connectivity index (χ1) is 11.7. The van der Waals surface area contributed by atoms with Gasteiger partial charge in [0.25, 0.3) is 0 Å². The van der Waals surface area contributed by atoms with Gasteiger partial charge in [-0.25, -0.2) is 15.0 Å². The lowest BCUT2D eigenvalue weighted by molar-refractivity contribution is 0.415. The fourth-order valence-corrected chi connectivity index (χ4v) is 3.87. The molecule has 4 rings (SSSR count). The normalized spacial score (nSPS) is 12.9. The van der Waals surface area contributed by atoms with E-state index in [1.165, 1.54) is 5.56 Å². The van der Waals surface area contributed by atoms with E-state index in [0.717, 1.165) is 45.6 Å². The first kappa shape index (κ1) is 15.1. The second-order valence-electron chi connectivity index (χ2n) is 5.67. The summed E-state index contributed by atoms with van der Waals surface area (Å²) >= 11 is 1.79. The Hall–Kier alpha value is -2.40. The van der Waals surface area contributed by atoms with Crippen LogP contribution in [0.5, 0.6) is 5.75 Å². The van der Waals surface area contributed by atoms with E-state index in [1.54, 1.807) is 18.9 Å². The second-order valence-corrected chi connectivity index (χ2v) is 6.76. The summed E-state index contributed by atoms with van der Waals surface area (Å²) in [6.07, 6.45) is 0.994. The number of rotatable bonds is 3. The van der Waals surface area contributed by atoms with Gasteiger partial charge in [0.2, 0.25) is 0 Å². The fraction of sp³-hybridized carbons (Fsp3) is 0.211. The minimum atomic E-state index is 0.685. The van der Waals surface area contributed by atoms with Gasteiger partial charge in [0.05, 0.1) is 12.8 Å². The lowest BCUT2D eigenvalue weighted by atomic mass is 10.0. The van der Waals surface area contributed by atoms with Gasteiger partial charge in [-0.15, -0.1) is 11.8 Å². The van der Waals surface area contributed by atoms with Crippen molar-refractivity contribution in [2.45, 2.75) is 18.4 Å². The lowest BCUT2D eigenvalue weighted by Gasteiger charge is -2.11. The molecule has 3 heterocycles. The molecule has 1 aliphatic heterocycles. The molecule has 0 aliphatic carbocycles. The highest BCUT2D eigenvalue weighted by Gasteiger charge is 2.22. The maximum Gasteiger partial charge on any atom is 0.179 e. The molecule has 24 heavy (non-hydrogen) atoms. The average Bonchev–Trinajstić information content (AvgIpc) is 3.09. The largest absolute Gasteiger partial charge is 0.497 e. The summed E-state index contributed by atoms with van der Waals surface area (Å²) in [5.41, 5.74) is 5.05. The molecule has 0 radical (unpaired) electrons. The fourth-order valence-electron chi connectivity index (χ4n) is 2.85. The monoisotopic (exact) mass is 335 g/mol. The Morgan fingerprint density at radius 2 is 1.92 bits per heavy atom. The molecule has 1 aromatic carbocycles. The van der Waals surface area contributed by atoms with Crippen LogP contribution in [0.15, 0.2) is 47.5 Å². The number of ether oxygens (including phenoxy) is 1. The summed E-state index contributed by atoms with van der Waals surface area (Å²) in [6, 6.07) is 14.0. The van der Waals surface area contributed by atoms with Gasteiger partial charge in [0, 0.05) is 22.6 Å². The van der Waals surface area contributed by atoms with Crippen LogP contribution in [0, 0.1) is 6.92 Å². The van der Waals surface area contributed by atoms with Crippen molar-refractivity contribution in [2.24, 2.45) is 0 Å². The number of methoxy groups -OCH3 is 1. The van der Waals surface area contributed by atoms with E-state index in [1.807, 2.05) is 43.3 Å². The Kier molecular flexibility index (Phi) is 3.94. The number of aromatic nitrogens is 3. The maximum absolute atomic E-state index is 5.37. The molecule has 0 unspecified atom stereocenters. The van der Waals surface area contributed by atoms with E-state index in [4.69, 9.17) is 14.7 Å². The highest BCUT2D eigenvalue weighted by molar-refractivity contribution is 7.99. The lowest BCUT2D eigenvalue weighted by Crippen LogP contribution is -2.00. The number of hydrogen-bond donors (Lipinski definition) is 0. The maximum atomic E-state index is 5.37. The molecule has 0 saturated carbocycles. The Bertz CT molecular complexity index is 911. The van der Waals surface area contributed by atoms with Crippen LogP contribution in [-0.4, -0.2) is 27.8 Å². The van der Waals surface area contributed by atoms with Gasteiger partial charge in [0.15, 0.2) is 5.82 Å². The first-order valence-corrected chi connectivity index (χ1v) is 8.85. The van der Waals surface area contributed by atoms with Crippen molar-refractivity contribution in [3.05, 3.63) is 53.7 Å². The van der Waals surface area contributed by atoms with Gasteiger partial charge < -0.3 is 4.74 Å². The number of thioether (sulfide) groups is 1. The number of nitrogens with zero attached hydrogens (tertiary/aromatic N) is 3. The average molecular weight is 335 g/mol. The van der Waals surface area contributed by atoms with Crippen LogP contribution >= 0.6 is 11.8 Å². The quantitative estimate of drug-likeness (QED) is 0.672. The van der Waals surface area contributed by atoms with Crippen LogP contribution in [0.4, 0.5) is 0 Å². The summed E-state index contributed by atoms with van der Waals surface area (Å²) in [6.45, 7) is 1.98. The molecule has 1 aliphatic rings. The Morgan fingerprint density at radius 3 is 2.75 bits per heavy atom. The summed E-state index contributed by atoms with van der Waals surface area (Å²) in [5.74, 6) is 2.57. The van der Waals surface area contributed by atoms with Crippen LogP contribution in [0.25, 0.3) is 22.8 Å². The third kappa shape index (κ3) is 2.76. The standard InChI is InChI=1S/C19H17N3OS/c1-12-5-3-8-16(20-12)18-21-17(15-9-10-24-19(15)22-18)13-6-4-7-14(11-13)23-2/h3-8,11H,9-10H2,1-2H3. The zero-order chi connectivity index (χ0) is 16.5. The number of pyridine rings is 1.